The number of rotatable bonds is 4. The lowest BCUT2D eigenvalue weighted by Gasteiger charge is -2.08. The summed E-state index contributed by atoms with van der Waals surface area (Å²) in [6.45, 7) is 0.212. The molecule has 0 unspecified atom stereocenters. The second kappa shape index (κ2) is 7.54. The van der Waals surface area contributed by atoms with Crippen molar-refractivity contribution in [2.24, 2.45) is 0 Å². The Morgan fingerprint density at radius 2 is 1.58 bits per heavy atom. The number of Topliss-reactive ketones (excluding diaryl/α,β-unsaturated/α-hetero) is 1. The second-order valence-corrected chi connectivity index (χ2v) is 7.30. The van der Waals surface area contributed by atoms with Gasteiger partial charge in [0.05, 0.1) is 0 Å². The molecule has 0 aliphatic heterocycles. The van der Waals surface area contributed by atoms with Crippen molar-refractivity contribution in [2.45, 2.75) is 6.54 Å². The molecular formula is C26H18NO4+. The lowest BCUT2D eigenvalue weighted by atomic mass is 9.99. The summed E-state index contributed by atoms with van der Waals surface area (Å²) in [5.41, 5.74) is 2.18. The molecule has 2 aromatic heterocycles. The molecule has 1 N–H and O–H groups in total. The summed E-state index contributed by atoms with van der Waals surface area (Å²) < 4.78 is 7.08. The normalized spacial score (nSPS) is 11.1. The van der Waals surface area contributed by atoms with Crippen molar-refractivity contribution in [1.82, 2.24) is 0 Å². The molecule has 5 heteroatoms. The quantitative estimate of drug-likeness (QED) is 0.270. The number of nitrogens with zero attached hydrogens (tertiary/aromatic N) is 1. The van der Waals surface area contributed by atoms with E-state index >= 15 is 0 Å². The van der Waals surface area contributed by atoms with Crippen LogP contribution in [-0.4, -0.2) is 10.9 Å². The molecule has 0 bridgehead atoms. The number of ketones is 1. The van der Waals surface area contributed by atoms with E-state index in [0.29, 0.717) is 27.7 Å². The Kier molecular flexibility index (Phi) is 4.56. The maximum absolute atomic E-state index is 12.9. The summed E-state index contributed by atoms with van der Waals surface area (Å²) in [5.74, 6) is -0.473. The molecule has 3 aromatic carbocycles. The van der Waals surface area contributed by atoms with E-state index in [1.807, 2.05) is 53.2 Å². The SMILES string of the molecule is O=C(C[n+]1cccc2ccccc21)c1ccc(-c2c(O)c(=O)oc3ccccc23)cc1. The lowest BCUT2D eigenvalue weighted by molar-refractivity contribution is -0.657. The molecule has 0 spiro atoms. The molecular weight excluding hydrogens is 390 g/mol. The van der Waals surface area contributed by atoms with Crippen molar-refractivity contribution in [2.75, 3.05) is 0 Å². The van der Waals surface area contributed by atoms with Crippen LogP contribution in [0.4, 0.5) is 0 Å². The fourth-order valence-electron chi connectivity index (χ4n) is 3.86. The molecule has 0 saturated heterocycles. The smallest absolute Gasteiger partial charge is 0.379 e. The minimum atomic E-state index is -0.791. The molecule has 0 aliphatic carbocycles. The van der Waals surface area contributed by atoms with E-state index < -0.39 is 11.4 Å². The molecule has 0 atom stereocenters. The zero-order valence-electron chi connectivity index (χ0n) is 16.5. The number of carbonyl (C=O) groups is 1. The first-order valence-corrected chi connectivity index (χ1v) is 9.87. The number of pyridine rings is 1. The molecule has 0 saturated carbocycles. The predicted molar refractivity (Wildman–Crippen MR) is 118 cm³/mol. The number of benzene rings is 3. The highest BCUT2D eigenvalue weighted by atomic mass is 16.4. The number of hydrogen-bond acceptors (Lipinski definition) is 4. The fourth-order valence-corrected chi connectivity index (χ4v) is 3.86. The van der Waals surface area contributed by atoms with Gasteiger partial charge in [0.2, 0.25) is 23.6 Å². The maximum Gasteiger partial charge on any atom is 0.379 e. The van der Waals surface area contributed by atoms with Gasteiger partial charge < -0.3 is 9.52 Å². The Hall–Kier alpha value is -4.25. The Morgan fingerprint density at radius 1 is 0.871 bits per heavy atom. The van der Waals surface area contributed by atoms with Crippen LogP contribution in [0.15, 0.2) is 100 Å². The number of aromatic nitrogens is 1. The van der Waals surface area contributed by atoms with Gasteiger partial charge in [0.1, 0.15) is 5.58 Å². The van der Waals surface area contributed by atoms with E-state index in [2.05, 4.69) is 0 Å². The number of carbonyl (C=O) groups excluding carboxylic acids is 1. The molecule has 0 fully saturated rings. The van der Waals surface area contributed by atoms with Crippen molar-refractivity contribution in [3.8, 4) is 16.9 Å². The topological polar surface area (TPSA) is 71.4 Å². The molecule has 150 valence electrons. The van der Waals surface area contributed by atoms with Crippen LogP contribution >= 0.6 is 0 Å². The molecule has 5 nitrogen and oxygen atoms in total. The average molecular weight is 408 g/mol. The van der Waals surface area contributed by atoms with Crippen LogP contribution in [0.25, 0.3) is 33.0 Å². The van der Waals surface area contributed by atoms with Gasteiger partial charge in [0.15, 0.2) is 6.20 Å². The molecule has 0 aliphatic rings. The van der Waals surface area contributed by atoms with E-state index in [1.165, 1.54) is 0 Å². The highest BCUT2D eigenvalue weighted by molar-refractivity contribution is 5.98. The predicted octanol–water partition coefficient (Wildman–Crippen LogP) is 4.49. The van der Waals surface area contributed by atoms with Gasteiger partial charge in [0.25, 0.3) is 0 Å². The first-order chi connectivity index (χ1) is 15.1. The van der Waals surface area contributed by atoms with Crippen LogP contribution in [0.3, 0.4) is 0 Å². The first-order valence-electron chi connectivity index (χ1n) is 9.87. The number of fused-ring (bicyclic) bond motifs is 2. The van der Waals surface area contributed by atoms with E-state index in [-0.39, 0.29) is 12.3 Å². The van der Waals surface area contributed by atoms with Crippen molar-refractivity contribution in [3.63, 3.8) is 0 Å². The van der Waals surface area contributed by atoms with Crippen LogP contribution in [0.2, 0.25) is 0 Å². The zero-order chi connectivity index (χ0) is 21.4. The number of aromatic hydroxyl groups is 1. The van der Waals surface area contributed by atoms with Crippen LogP contribution in [0.1, 0.15) is 10.4 Å². The highest BCUT2D eigenvalue weighted by Gasteiger charge is 2.18. The van der Waals surface area contributed by atoms with Crippen molar-refractivity contribution in [3.05, 3.63) is 107 Å². The van der Waals surface area contributed by atoms with Gasteiger partial charge in [-0.1, -0.05) is 54.6 Å². The monoisotopic (exact) mass is 408 g/mol. The Labute approximate surface area is 177 Å². The van der Waals surface area contributed by atoms with Gasteiger partial charge in [-0.05, 0) is 23.8 Å². The minimum Gasteiger partial charge on any atom is -0.501 e. The van der Waals surface area contributed by atoms with Crippen molar-refractivity contribution >= 4 is 27.7 Å². The summed E-state index contributed by atoms with van der Waals surface area (Å²) in [4.78, 5) is 24.9. The van der Waals surface area contributed by atoms with Gasteiger partial charge in [-0.25, -0.2) is 4.79 Å². The summed E-state index contributed by atoms with van der Waals surface area (Å²) in [6.07, 6.45) is 1.89. The van der Waals surface area contributed by atoms with E-state index in [9.17, 15) is 14.7 Å². The molecule has 0 radical (unpaired) electrons. The van der Waals surface area contributed by atoms with E-state index in [0.717, 1.165) is 10.9 Å². The molecule has 5 rings (SSSR count). The Balaban J connectivity index is 1.50. The summed E-state index contributed by atoms with van der Waals surface area (Å²) in [6, 6.07) is 25.8. The average Bonchev–Trinajstić information content (AvgIpc) is 2.80. The Bertz CT molecular complexity index is 1490. The second-order valence-electron chi connectivity index (χ2n) is 7.30. The summed E-state index contributed by atoms with van der Waals surface area (Å²) in [5, 5.41) is 12.0. The molecule has 2 heterocycles. The molecule has 0 amide bonds. The van der Waals surface area contributed by atoms with E-state index in [4.69, 9.17) is 4.42 Å². The maximum atomic E-state index is 12.9. The van der Waals surface area contributed by atoms with Crippen LogP contribution in [0, 0.1) is 0 Å². The largest absolute Gasteiger partial charge is 0.501 e. The Morgan fingerprint density at radius 3 is 2.42 bits per heavy atom. The van der Waals surface area contributed by atoms with Crippen molar-refractivity contribution in [1.29, 1.82) is 0 Å². The summed E-state index contributed by atoms with van der Waals surface area (Å²) in [7, 11) is 0. The third-order valence-corrected chi connectivity index (χ3v) is 5.39. The van der Waals surface area contributed by atoms with E-state index in [1.54, 1.807) is 42.5 Å². The number of para-hydroxylation sites is 2. The van der Waals surface area contributed by atoms with Crippen LogP contribution in [0.5, 0.6) is 5.75 Å². The highest BCUT2D eigenvalue weighted by Crippen LogP contribution is 2.34. The van der Waals surface area contributed by atoms with Gasteiger partial charge in [-0.3, -0.25) is 4.79 Å². The summed E-state index contributed by atoms with van der Waals surface area (Å²) >= 11 is 0. The zero-order valence-corrected chi connectivity index (χ0v) is 16.5. The van der Waals surface area contributed by atoms with Crippen molar-refractivity contribution < 1.29 is 18.9 Å². The van der Waals surface area contributed by atoms with Gasteiger partial charge in [0, 0.05) is 34.0 Å². The standard InChI is InChI=1S/C26H17NO4/c28-22(16-27-15-5-7-17-6-1-3-9-21(17)27)18-11-13-19(14-12-18)24-20-8-2-4-10-23(20)31-26(30)25(24)29/h1-15H,16H2/p+1. The number of hydrogen-bond donors (Lipinski definition) is 1. The molecule has 5 aromatic rings. The van der Waals surface area contributed by atoms with Gasteiger partial charge >= 0.3 is 5.63 Å². The van der Waals surface area contributed by atoms with Gasteiger partial charge in [-0.15, -0.1) is 0 Å². The third kappa shape index (κ3) is 3.36. The minimum absolute atomic E-state index is 0.0328. The van der Waals surface area contributed by atoms with Crippen LogP contribution in [-0.2, 0) is 6.54 Å². The fraction of sp³-hybridized carbons (Fsp3) is 0.0385. The van der Waals surface area contributed by atoms with Gasteiger partial charge in [-0.2, -0.15) is 4.57 Å². The first kappa shape index (κ1) is 18.8. The van der Waals surface area contributed by atoms with Crippen LogP contribution < -0.4 is 10.2 Å². The molecule has 31 heavy (non-hydrogen) atoms. The lowest BCUT2D eigenvalue weighted by Crippen LogP contribution is -2.38. The third-order valence-electron chi connectivity index (χ3n) is 5.39.